The van der Waals surface area contributed by atoms with Crippen molar-refractivity contribution in [3.8, 4) is 0 Å². The highest BCUT2D eigenvalue weighted by atomic mass is 16.7. The van der Waals surface area contributed by atoms with Crippen LogP contribution in [0.1, 0.15) is 24.5 Å². The van der Waals surface area contributed by atoms with Gasteiger partial charge in [-0.05, 0) is 12.0 Å². The summed E-state index contributed by atoms with van der Waals surface area (Å²) in [5, 5.41) is 30.1. The van der Waals surface area contributed by atoms with E-state index in [0.29, 0.717) is 6.42 Å². The monoisotopic (exact) mass is 296 g/mol. The Bertz CT molecular complexity index is 395. The average molecular weight is 296 g/mol. The summed E-state index contributed by atoms with van der Waals surface area (Å²) >= 11 is 0. The fourth-order valence-electron chi connectivity index (χ4n) is 2.08. The molecule has 0 aliphatic carbocycles. The summed E-state index contributed by atoms with van der Waals surface area (Å²) in [7, 11) is 1.48. The Morgan fingerprint density at radius 3 is 2.43 bits per heavy atom. The number of hydrogen-bond acceptors (Lipinski definition) is 5. The zero-order valence-corrected chi connectivity index (χ0v) is 12.3. The molecule has 1 aromatic carbocycles. The molecule has 0 saturated heterocycles. The van der Waals surface area contributed by atoms with Crippen molar-refractivity contribution in [2.24, 2.45) is 0 Å². The molecule has 5 nitrogen and oxygen atoms in total. The third kappa shape index (κ3) is 5.95. The first-order valence-corrected chi connectivity index (χ1v) is 6.90. The molecule has 118 valence electrons. The first-order valence-electron chi connectivity index (χ1n) is 6.90. The lowest BCUT2D eigenvalue weighted by molar-refractivity contribution is -0.144. The molecule has 21 heavy (non-hydrogen) atoms. The lowest BCUT2D eigenvalue weighted by Crippen LogP contribution is -2.36. The van der Waals surface area contributed by atoms with Crippen molar-refractivity contribution in [3.05, 3.63) is 48.6 Å². The van der Waals surface area contributed by atoms with Crippen LogP contribution in [0.5, 0.6) is 0 Å². The van der Waals surface area contributed by atoms with Gasteiger partial charge in [-0.1, -0.05) is 36.4 Å². The first kappa shape index (κ1) is 17.8. The van der Waals surface area contributed by atoms with Gasteiger partial charge in [-0.15, -0.1) is 6.58 Å². The van der Waals surface area contributed by atoms with Gasteiger partial charge >= 0.3 is 0 Å². The first-order chi connectivity index (χ1) is 10.1. The molecular formula is C16H24O5. The van der Waals surface area contributed by atoms with Gasteiger partial charge in [-0.25, -0.2) is 0 Å². The summed E-state index contributed by atoms with van der Waals surface area (Å²) < 4.78 is 10.3. The number of aliphatic hydroxyl groups is 3. The number of aliphatic hydroxyl groups excluding tert-OH is 3. The standard InChI is InChI=1S/C16H24O5/c1-3-7-13(17)10-14(18)15(19)16(21-11-20-2)12-8-5-4-6-9-12/h3-6,8-9,13-19H,1,7,10-11H2,2H3/t13-,14+,15-,16+/m0/s1. The number of hydrogen-bond donors (Lipinski definition) is 3. The van der Waals surface area contributed by atoms with Crippen molar-refractivity contribution in [2.75, 3.05) is 13.9 Å². The maximum atomic E-state index is 10.3. The van der Waals surface area contributed by atoms with Crippen molar-refractivity contribution in [1.29, 1.82) is 0 Å². The molecule has 0 fully saturated rings. The second-order valence-electron chi connectivity index (χ2n) is 4.88. The minimum absolute atomic E-state index is 0.00144. The molecular weight excluding hydrogens is 272 g/mol. The van der Waals surface area contributed by atoms with E-state index in [-0.39, 0.29) is 13.2 Å². The highest BCUT2D eigenvalue weighted by Gasteiger charge is 2.29. The Kier molecular flexibility index (Phi) is 8.19. The van der Waals surface area contributed by atoms with Crippen molar-refractivity contribution < 1.29 is 24.8 Å². The Morgan fingerprint density at radius 1 is 1.19 bits per heavy atom. The highest BCUT2D eigenvalue weighted by Crippen LogP contribution is 2.25. The van der Waals surface area contributed by atoms with E-state index in [1.165, 1.54) is 7.11 Å². The van der Waals surface area contributed by atoms with E-state index in [9.17, 15) is 15.3 Å². The topological polar surface area (TPSA) is 79.2 Å². The van der Waals surface area contributed by atoms with Crippen LogP contribution in [0.4, 0.5) is 0 Å². The van der Waals surface area contributed by atoms with E-state index in [0.717, 1.165) is 5.56 Å². The van der Waals surface area contributed by atoms with E-state index < -0.39 is 24.4 Å². The van der Waals surface area contributed by atoms with Crippen molar-refractivity contribution in [1.82, 2.24) is 0 Å². The van der Waals surface area contributed by atoms with Gasteiger partial charge in [0.15, 0.2) is 0 Å². The number of methoxy groups -OCH3 is 1. The molecule has 1 rings (SSSR count). The van der Waals surface area contributed by atoms with Gasteiger partial charge in [-0.2, -0.15) is 0 Å². The van der Waals surface area contributed by atoms with Crippen LogP contribution in [0, 0.1) is 0 Å². The van der Waals surface area contributed by atoms with Gasteiger partial charge < -0.3 is 24.8 Å². The zero-order chi connectivity index (χ0) is 15.7. The van der Waals surface area contributed by atoms with E-state index in [1.54, 1.807) is 18.2 Å². The van der Waals surface area contributed by atoms with Crippen LogP contribution in [0.15, 0.2) is 43.0 Å². The largest absolute Gasteiger partial charge is 0.393 e. The maximum Gasteiger partial charge on any atom is 0.147 e. The third-order valence-electron chi connectivity index (χ3n) is 3.15. The Hall–Kier alpha value is -1.24. The summed E-state index contributed by atoms with van der Waals surface area (Å²) in [4.78, 5) is 0. The summed E-state index contributed by atoms with van der Waals surface area (Å²) in [5.41, 5.74) is 0.735. The zero-order valence-electron chi connectivity index (χ0n) is 12.3. The Balaban J connectivity index is 2.74. The second kappa shape index (κ2) is 9.65. The van der Waals surface area contributed by atoms with E-state index in [4.69, 9.17) is 9.47 Å². The van der Waals surface area contributed by atoms with Gasteiger partial charge in [-0.3, -0.25) is 0 Å². The molecule has 0 spiro atoms. The van der Waals surface area contributed by atoms with E-state index in [1.807, 2.05) is 18.2 Å². The Labute approximate surface area is 125 Å². The van der Waals surface area contributed by atoms with Gasteiger partial charge in [0.2, 0.25) is 0 Å². The normalized spacial score (nSPS) is 17.0. The lowest BCUT2D eigenvalue weighted by Gasteiger charge is -2.28. The molecule has 0 saturated carbocycles. The molecule has 3 N–H and O–H groups in total. The van der Waals surface area contributed by atoms with Crippen LogP contribution >= 0.6 is 0 Å². The van der Waals surface area contributed by atoms with Crippen LogP contribution in [-0.4, -0.2) is 47.5 Å². The minimum Gasteiger partial charge on any atom is -0.393 e. The molecule has 4 atom stereocenters. The van der Waals surface area contributed by atoms with Gasteiger partial charge in [0.25, 0.3) is 0 Å². The summed E-state index contributed by atoms with van der Waals surface area (Å²) in [6.07, 6.45) is -1.77. The molecule has 0 aromatic heterocycles. The van der Waals surface area contributed by atoms with Crippen LogP contribution in [-0.2, 0) is 9.47 Å². The van der Waals surface area contributed by atoms with E-state index in [2.05, 4.69) is 6.58 Å². The fraction of sp³-hybridized carbons (Fsp3) is 0.500. The minimum atomic E-state index is -1.16. The molecule has 0 bridgehead atoms. The second-order valence-corrected chi connectivity index (χ2v) is 4.88. The smallest absolute Gasteiger partial charge is 0.147 e. The van der Waals surface area contributed by atoms with E-state index >= 15 is 0 Å². The van der Waals surface area contributed by atoms with Gasteiger partial charge in [0.05, 0.1) is 12.2 Å². The molecule has 0 aliphatic heterocycles. The number of benzene rings is 1. The molecule has 5 heteroatoms. The average Bonchev–Trinajstić information content (AvgIpc) is 2.48. The highest BCUT2D eigenvalue weighted by molar-refractivity contribution is 5.19. The van der Waals surface area contributed by atoms with Crippen molar-refractivity contribution in [2.45, 2.75) is 37.3 Å². The van der Waals surface area contributed by atoms with Crippen molar-refractivity contribution in [3.63, 3.8) is 0 Å². The van der Waals surface area contributed by atoms with Crippen LogP contribution in [0.25, 0.3) is 0 Å². The molecule has 0 radical (unpaired) electrons. The Morgan fingerprint density at radius 2 is 1.86 bits per heavy atom. The lowest BCUT2D eigenvalue weighted by atomic mass is 9.96. The summed E-state index contributed by atoms with van der Waals surface area (Å²) in [5.74, 6) is 0. The molecule has 0 amide bonds. The maximum absolute atomic E-state index is 10.3. The number of ether oxygens (including phenoxy) is 2. The fourth-order valence-corrected chi connectivity index (χ4v) is 2.08. The predicted octanol–water partition coefficient (Wildman–Crippen LogP) is 1.40. The van der Waals surface area contributed by atoms with Crippen molar-refractivity contribution >= 4 is 0 Å². The predicted molar refractivity (Wildman–Crippen MR) is 79.6 cm³/mol. The van der Waals surface area contributed by atoms with Gasteiger partial charge in [0, 0.05) is 13.5 Å². The molecule has 0 unspecified atom stereocenters. The summed E-state index contributed by atoms with van der Waals surface area (Å²) in [6.45, 7) is 3.53. The van der Waals surface area contributed by atoms with Crippen LogP contribution in [0.3, 0.4) is 0 Å². The summed E-state index contributed by atoms with van der Waals surface area (Å²) in [6, 6.07) is 9.11. The number of rotatable bonds is 10. The SMILES string of the molecule is C=CC[C@H](O)C[C@@H](O)[C@H](O)[C@H](OCOC)c1ccccc1. The van der Waals surface area contributed by atoms with Crippen LogP contribution < -0.4 is 0 Å². The molecule has 0 heterocycles. The van der Waals surface area contributed by atoms with Crippen LogP contribution in [0.2, 0.25) is 0 Å². The van der Waals surface area contributed by atoms with Gasteiger partial charge in [0.1, 0.15) is 19.0 Å². The molecule has 0 aliphatic rings. The third-order valence-corrected chi connectivity index (χ3v) is 3.15. The molecule has 1 aromatic rings. The quantitative estimate of drug-likeness (QED) is 0.449.